The van der Waals surface area contributed by atoms with Crippen molar-refractivity contribution in [2.75, 3.05) is 13.7 Å². The lowest BCUT2D eigenvalue weighted by Crippen LogP contribution is -2.32. The van der Waals surface area contributed by atoms with Crippen molar-refractivity contribution < 1.29 is 13.9 Å². The van der Waals surface area contributed by atoms with Crippen LogP contribution in [0.25, 0.3) is 10.8 Å². The number of nitrogens with one attached hydrogen (secondary N) is 2. The van der Waals surface area contributed by atoms with E-state index in [1.54, 1.807) is 31.4 Å². The maximum atomic E-state index is 12.6. The van der Waals surface area contributed by atoms with Crippen molar-refractivity contribution >= 4 is 16.7 Å². The molecule has 0 radical (unpaired) electrons. The standard InChI is InChI=1S/C19H20N2O4/c1-3-13-8-9-17(25-13)16(11-24-2)21-19(23)15-10-12-6-4-5-7-14(12)18(22)20-15/h4-10,16H,3,11H2,1-2H3,(H,20,22)(H,21,23)/t16-/m0/s1. The fraction of sp³-hybridized carbons (Fsp3) is 0.263. The number of pyridine rings is 1. The van der Waals surface area contributed by atoms with E-state index in [4.69, 9.17) is 9.15 Å². The lowest BCUT2D eigenvalue weighted by Gasteiger charge is -2.16. The molecule has 6 heteroatoms. The summed E-state index contributed by atoms with van der Waals surface area (Å²) in [6.07, 6.45) is 0.769. The van der Waals surface area contributed by atoms with Crippen LogP contribution in [0.2, 0.25) is 0 Å². The number of amides is 1. The summed E-state index contributed by atoms with van der Waals surface area (Å²) in [5, 5.41) is 4.11. The van der Waals surface area contributed by atoms with E-state index in [2.05, 4.69) is 10.3 Å². The molecule has 130 valence electrons. The summed E-state index contributed by atoms with van der Waals surface area (Å²) in [5.74, 6) is 1.07. The van der Waals surface area contributed by atoms with E-state index in [0.29, 0.717) is 16.5 Å². The van der Waals surface area contributed by atoms with Gasteiger partial charge in [0.05, 0.1) is 6.61 Å². The molecule has 3 aromatic rings. The minimum atomic E-state index is -0.437. The van der Waals surface area contributed by atoms with Gasteiger partial charge in [0.15, 0.2) is 0 Å². The normalized spacial score (nSPS) is 12.2. The maximum Gasteiger partial charge on any atom is 0.268 e. The number of aryl methyl sites for hydroxylation is 1. The number of carbonyl (C=O) groups is 1. The maximum absolute atomic E-state index is 12.6. The topological polar surface area (TPSA) is 84.3 Å². The average molecular weight is 340 g/mol. The molecule has 2 N–H and O–H groups in total. The molecule has 0 fully saturated rings. The molecule has 0 saturated carbocycles. The number of aromatic amines is 1. The van der Waals surface area contributed by atoms with Crippen LogP contribution in [0.4, 0.5) is 0 Å². The third kappa shape index (κ3) is 3.64. The van der Waals surface area contributed by atoms with Crippen LogP contribution in [0.1, 0.15) is 35.0 Å². The summed E-state index contributed by atoms with van der Waals surface area (Å²) in [4.78, 5) is 27.4. The summed E-state index contributed by atoms with van der Waals surface area (Å²) >= 11 is 0. The minimum absolute atomic E-state index is 0.201. The molecule has 0 aliphatic rings. The molecule has 0 bridgehead atoms. The number of carbonyl (C=O) groups excluding carboxylic acids is 1. The van der Waals surface area contributed by atoms with Crippen LogP contribution in [0, 0.1) is 0 Å². The Hall–Kier alpha value is -2.86. The lowest BCUT2D eigenvalue weighted by molar-refractivity contribution is 0.0877. The Balaban J connectivity index is 1.87. The van der Waals surface area contributed by atoms with Gasteiger partial charge in [0, 0.05) is 18.9 Å². The molecule has 0 aliphatic carbocycles. The van der Waals surface area contributed by atoms with Gasteiger partial charge in [-0.3, -0.25) is 9.59 Å². The van der Waals surface area contributed by atoms with Crippen molar-refractivity contribution in [1.82, 2.24) is 10.3 Å². The van der Waals surface area contributed by atoms with Crippen molar-refractivity contribution in [2.45, 2.75) is 19.4 Å². The van der Waals surface area contributed by atoms with Gasteiger partial charge in [0.2, 0.25) is 0 Å². The van der Waals surface area contributed by atoms with E-state index in [9.17, 15) is 9.59 Å². The average Bonchev–Trinajstić information content (AvgIpc) is 3.10. The zero-order chi connectivity index (χ0) is 17.8. The molecule has 1 atom stereocenters. The molecular weight excluding hydrogens is 320 g/mol. The van der Waals surface area contributed by atoms with E-state index >= 15 is 0 Å². The summed E-state index contributed by atoms with van der Waals surface area (Å²) in [7, 11) is 1.56. The first-order valence-corrected chi connectivity index (χ1v) is 8.13. The molecule has 0 aliphatic heterocycles. The number of rotatable bonds is 6. The molecule has 2 heterocycles. The second-order valence-corrected chi connectivity index (χ2v) is 5.74. The number of fused-ring (bicyclic) bond motifs is 1. The Morgan fingerprint density at radius 3 is 2.80 bits per heavy atom. The molecule has 3 rings (SSSR count). The van der Waals surface area contributed by atoms with E-state index in [0.717, 1.165) is 12.2 Å². The van der Waals surface area contributed by atoms with Crippen LogP contribution in [-0.2, 0) is 11.2 Å². The highest BCUT2D eigenvalue weighted by Crippen LogP contribution is 2.18. The van der Waals surface area contributed by atoms with Crippen molar-refractivity contribution in [3.8, 4) is 0 Å². The SMILES string of the molecule is CCc1ccc([C@H](COC)NC(=O)c2cc3ccccc3c(=O)[nH]2)o1. The predicted octanol–water partition coefficient (Wildman–Crippen LogP) is 2.80. The molecule has 0 unspecified atom stereocenters. The number of benzene rings is 1. The third-order valence-electron chi connectivity index (χ3n) is 4.01. The van der Waals surface area contributed by atoms with Gasteiger partial charge >= 0.3 is 0 Å². The molecular formula is C19H20N2O4. The Kier molecular flexibility index (Phi) is 5.00. The van der Waals surface area contributed by atoms with Gasteiger partial charge in [0.25, 0.3) is 11.5 Å². The Bertz CT molecular complexity index is 942. The molecule has 0 saturated heterocycles. The number of hydrogen-bond donors (Lipinski definition) is 2. The molecule has 2 aromatic heterocycles. The monoisotopic (exact) mass is 340 g/mol. The van der Waals surface area contributed by atoms with Crippen molar-refractivity contribution in [1.29, 1.82) is 0 Å². The van der Waals surface area contributed by atoms with Gasteiger partial charge in [-0.05, 0) is 29.7 Å². The first kappa shape index (κ1) is 17.0. The highest BCUT2D eigenvalue weighted by molar-refractivity contribution is 5.96. The van der Waals surface area contributed by atoms with E-state index < -0.39 is 6.04 Å². The quantitative estimate of drug-likeness (QED) is 0.723. The number of ether oxygens (including phenoxy) is 1. The van der Waals surface area contributed by atoms with E-state index in [1.165, 1.54) is 0 Å². The number of H-pyrrole nitrogens is 1. The lowest BCUT2D eigenvalue weighted by atomic mass is 10.1. The van der Waals surface area contributed by atoms with Gasteiger partial charge in [-0.1, -0.05) is 25.1 Å². The van der Waals surface area contributed by atoms with Gasteiger partial charge in [0.1, 0.15) is 23.3 Å². The summed E-state index contributed by atoms with van der Waals surface area (Å²) in [6.45, 7) is 2.26. The second-order valence-electron chi connectivity index (χ2n) is 5.74. The van der Waals surface area contributed by atoms with E-state index in [-0.39, 0.29) is 23.8 Å². The fourth-order valence-electron chi connectivity index (χ4n) is 2.70. The Labute approximate surface area is 144 Å². The van der Waals surface area contributed by atoms with Gasteiger partial charge in [-0.15, -0.1) is 0 Å². The van der Waals surface area contributed by atoms with E-state index in [1.807, 2.05) is 25.1 Å². The van der Waals surface area contributed by atoms with Crippen LogP contribution in [0.5, 0.6) is 0 Å². The Morgan fingerprint density at radius 1 is 1.28 bits per heavy atom. The third-order valence-corrected chi connectivity index (χ3v) is 4.01. The van der Waals surface area contributed by atoms with Crippen LogP contribution in [0.15, 0.2) is 51.7 Å². The Morgan fingerprint density at radius 2 is 2.08 bits per heavy atom. The van der Waals surface area contributed by atoms with Crippen LogP contribution in [-0.4, -0.2) is 24.6 Å². The smallest absolute Gasteiger partial charge is 0.268 e. The molecule has 0 spiro atoms. The first-order valence-electron chi connectivity index (χ1n) is 8.13. The van der Waals surface area contributed by atoms with Gasteiger partial charge in [-0.25, -0.2) is 0 Å². The molecule has 1 aromatic carbocycles. The zero-order valence-electron chi connectivity index (χ0n) is 14.2. The largest absolute Gasteiger partial charge is 0.464 e. The summed E-state index contributed by atoms with van der Waals surface area (Å²) in [5.41, 5.74) is -0.0927. The van der Waals surface area contributed by atoms with Crippen LogP contribution >= 0.6 is 0 Å². The zero-order valence-corrected chi connectivity index (χ0v) is 14.2. The highest BCUT2D eigenvalue weighted by atomic mass is 16.5. The molecule has 25 heavy (non-hydrogen) atoms. The van der Waals surface area contributed by atoms with Crippen LogP contribution in [0.3, 0.4) is 0 Å². The minimum Gasteiger partial charge on any atom is -0.464 e. The predicted molar refractivity (Wildman–Crippen MR) is 94.7 cm³/mol. The number of methoxy groups -OCH3 is 1. The molecule has 1 amide bonds. The number of furan rings is 1. The number of aromatic nitrogens is 1. The summed E-state index contributed by atoms with van der Waals surface area (Å²) < 4.78 is 10.9. The fourth-order valence-corrected chi connectivity index (χ4v) is 2.70. The van der Waals surface area contributed by atoms with Crippen molar-refractivity contribution in [2.24, 2.45) is 0 Å². The second kappa shape index (κ2) is 7.36. The van der Waals surface area contributed by atoms with Gasteiger partial charge < -0.3 is 19.5 Å². The first-order chi connectivity index (χ1) is 12.1. The van der Waals surface area contributed by atoms with Crippen molar-refractivity contribution in [3.63, 3.8) is 0 Å². The summed E-state index contributed by atoms with van der Waals surface area (Å²) in [6, 6.07) is 12.1. The van der Waals surface area contributed by atoms with Crippen LogP contribution < -0.4 is 10.9 Å². The molecule has 6 nitrogen and oxygen atoms in total. The van der Waals surface area contributed by atoms with Crippen molar-refractivity contribution in [3.05, 3.63) is 70.0 Å². The van der Waals surface area contributed by atoms with Gasteiger partial charge in [-0.2, -0.15) is 0 Å². The number of hydrogen-bond acceptors (Lipinski definition) is 4. The highest BCUT2D eigenvalue weighted by Gasteiger charge is 2.20.